The first kappa shape index (κ1) is 14.8. The largest absolute Gasteiger partial charge is 0.493 e. The summed E-state index contributed by atoms with van der Waals surface area (Å²) in [6, 6.07) is 0. The lowest BCUT2D eigenvalue weighted by atomic mass is 9.52. The van der Waals surface area contributed by atoms with Crippen LogP contribution >= 0.6 is 0 Å². The fraction of sp³-hybridized carbons (Fsp3) is 0.500. The first-order chi connectivity index (χ1) is 10.3. The predicted molar refractivity (Wildman–Crippen MR) is 73.7 cm³/mol. The van der Waals surface area contributed by atoms with Gasteiger partial charge >= 0.3 is 0 Å². The highest BCUT2D eigenvalue weighted by Crippen LogP contribution is 2.54. The second-order valence-electron chi connectivity index (χ2n) is 6.19. The zero-order chi connectivity index (χ0) is 16.3. The molecule has 6 nitrogen and oxygen atoms in total. The molecule has 0 aromatic rings. The van der Waals surface area contributed by atoms with E-state index in [9.17, 15) is 24.3 Å². The predicted octanol–water partition coefficient (Wildman–Crippen LogP) is 0.428. The zero-order valence-electron chi connectivity index (χ0n) is 12.4. The van der Waals surface area contributed by atoms with Crippen molar-refractivity contribution in [3.05, 3.63) is 23.0 Å². The molecule has 3 rings (SSSR count). The summed E-state index contributed by atoms with van der Waals surface area (Å²) in [6.45, 7) is 1.46. The molecule has 6 heteroatoms. The number of ether oxygens (including phenoxy) is 1. The Kier molecular flexibility index (Phi) is 3.01. The van der Waals surface area contributed by atoms with Crippen molar-refractivity contribution in [1.29, 1.82) is 0 Å². The molecule has 0 aromatic heterocycles. The molecule has 0 amide bonds. The molecular formula is C16H16O6. The van der Waals surface area contributed by atoms with Crippen LogP contribution in [0.15, 0.2) is 23.0 Å². The molecule has 116 valence electrons. The molecule has 0 spiro atoms. The molecule has 0 saturated heterocycles. The average molecular weight is 304 g/mol. The van der Waals surface area contributed by atoms with E-state index in [2.05, 4.69) is 0 Å². The van der Waals surface area contributed by atoms with Crippen LogP contribution in [-0.2, 0) is 23.9 Å². The number of Topliss-reactive ketones (excluding diaryl/α,β-unsaturated/α-hetero) is 3. The van der Waals surface area contributed by atoms with Gasteiger partial charge in [-0.25, -0.2) is 0 Å². The summed E-state index contributed by atoms with van der Waals surface area (Å²) in [5.74, 6) is -2.42. The van der Waals surface area contributed by atoms with Gasteiger partial charge in [-0.1, -0.05) is 0 Å². The van der Waals surface area contributed by atoms with Gasteiger partial charge in [0.15, 0.2) is 17.3 Å². The van der Waals surface area contributed by atoms with E-state index >= 15 is 0 Å². The number of carbonyl (C=O) groups is 4. The maximum absolute atomic E-state index is 12.6. The average Bonchev–Trinajstić information content (AvgIpc) is 2.45. The van der Waals surface area contributed by atoms with Gasteiger partial charge in [0.1, 0.15) is 5.78 Å². The topological polar surface area (TPSA) is 97.7 Å². The Morgan fingerprint density at radius 2 is 1.91 bits per heavy atom. The first-order valence-corrected chi connectivity index (χ1v) is 7.14. The summed E-state index contributed by atoms with van der Waals surface area (Å²) in [6.07, 6.45) is 1.56. The summed E-state index contributed by atoms with van der Waals surface area (Å²) in [5, 5.41) is 10.9. The Morgan fingerprint density at radius 1 is 1.23 bits per heavy atom. The maximum atomic E-state index is 12.6. The Bertz CT molecular complexity index is 697. The Morgan fingerprint density at radius 3 is 2.55 bits per heavy atom. The summed E-state index contributed by atoms with van der Waals surface area (Å²) >= 11 is 0. The highest BCUT2D eigenvalue weighted by molar-refractivity contribution is 6.35. The van der Waals surface area contributed by atoms with E-state index in [1.807, 2.05) is 0 Å². The van der Waals surface area contributed by atoms with Gasteiger partial charge in [0, 0.05) is 24.5 Å². The highest BCUT2D eigenvalue weighted by atomic mass is 16.5. The van der Waals surface area contributed by atoms with E-state index in [4.69, 9.17) is 4.74 Å². The van der Waals surface area contributed by atoms with Gasteiger partial charge in [-0.15, -0.1) is 0 Å². The van der Waals surface area contributed by atoms with Crippen molar-refractivity contribution in [2.45, 2.75) is 38.2 Å². The first-order valence-electron chi connectivity index (χ1n) is 7.14. The molecule has 0 bridgehead atoms. The summed E-state index contributed by atoms with van der Waals surface area (Å²) < 4.78 is 4.90. The summed E-state index contributed by atoms with van der Waals surface area (Å²) in [4.78, 5) is 49.7. The number of methoxy groups -OCH3 is 1. The molecule has 0 aromatic carbocycles. The maximum Gasteiger partial charge on any atom is 0.225 e. The van der Waals surface area contributed by atoms with Crippen molar-refractivity contribution in [3.63, 3.8) is 0 Å². The fourth-order valence-electron chi connectivity index (χ4n) is 3.81. The van der Waals surface area contributed by atoms with Crippen LogP contribution in [0.25, 0.3) is 0 Å². The normalized spacial score (nSPS) is 35.1. The van der Waals surface area contributed by atoms with Crippen molar-refractivity contribution in [2.24, 2.45) is 5.41 Å². The monoisotopic (exact) mass is 304 g/mol. The third-order valence-electron chi connectivity index (χ3n) is 5.14. The second kappa shape index (κ2) is 4.46. The number of hydrogen-bond donors (Lipinski definition) is 1. The van der Waals surface area contributed by atoms with Gasteiger partial charge in [-0.05, 0) is 19.8 Å². The minimum absolute atomic E-state index is 0.194. The lowest BCUT2D eigenvalue weighted by Gasteiger charge is -2.51. The lowest BCUT2D eigenvalue weighted by molar-refractivity contribution is -0.158. The standard InChI is InChI=1S/C16H16O6/c1-15-11(19)4-3-5-16(15,21)7-9(18)12-8(17)6-10(22-2)14(20)13(12)15/h6,21H,3-5,7H2,1-2H3. The number of fused-ring (bicyclic) bond motifs is 2. The van der Waals surface area contributed by atoms with E-state index < -0.39 is 28.4 Å². The Hall–Kier alpha value is -2.08. The number of allylic oxidation sites excluding steroid dienone is 3. The quantitative estimate of drug-likeness (QED) is 0.557. The lowest BCUT2D eigenvalue weighted by Crippen LogP contribution is -2.61. The van der Waals surface area contributed by atoms with Crippen molar-refractivity contribution >= 4 is 23.1 Å². The third-order valence-corrected chi connectivity index (χ3v) is 5.14. The van der Waals surface area contributed by atoms with Gasteiger partial charge in [-0.3, -0.25) is 19.2 Å². The SMILES string of the molecule is COC1=CC(=O)C2=C(C1=O)C1(C)C(=O)CCCC1(O)CC2=O. The molecule has 2 unspecified atom stereocenters. The number of aliphatic hydroxyl groups is 1. The van der Waals surface area contributed by atoms with Crippen LogP contribution in [0, 0.1) is 5.41 Å². The van der Waals surface area contributed by atoms with E-state index in [0.29, 0.717) is 6.42 Å². The van der Waals surface area contributed by atoms with Crippen LogP contribution in [0.2, 0.25) is 0 Å². The van der Waals surface area contributed by atoms with Crippen molar-refractivity contribution in [1.82, 2.24) is 0 Å². The van der Waals surface area contributed by atoms with Gasteiger partial charge in [0.2, 0.25) is 5.78 Å². The van der Waals surface area contributed by atoms with Crippen molar-refractivity contribution in [2.75, 3.05) is 7.11 Å². The van der Waals surface area contributed by atoms with E-state index in [0.717, 1.165) is 6.08 Å². The molecule has 0 aliphatic heterocycles. The Labute approximate surface area is 126 Å². The molecule has 1 fully saturated rings. The van der Waals surface area contributed by atoms with Crippen LogP contribution in [0.3, 0.4) is 0 Å². The molecule has 2 atom stereocenters. The minimum Gasteiger partial charge on any atom is -0.493 e. The number of rotatable bonds is 1. The molecule has 0 heterocycles. The minimum atomic E-state index is -1.62. The van der Waals surface area contributed by atoms with Crippen LogP contribution in [0.5, 0.6) is 0 Å². The number of hydrogen-bond acceptors (Lipinski definition) is 6. The van der Waals surface area contributed by atoms with Crippen molar-refractivity contribution < 1.29 is 29.0 Å². The summed E-state index contributed by atoms with van der Waals surface area (Å²) in [7, 11) is 1.24. The van der Waals surface area contributed by atoms with E-state index in [1.54, 1.807) is 0 Å². The summed E-state index contributed by atoms with van der Waals surface area (Å²) in [5.41, 5.74) is -3.63. The smallest absolute Gasteiger partial charge is 0.225 e. The van der Waals surface area contributed by atoms with Gasteiger partial charge < -0.3 is 9.84 Å². The van der Waals surface area contributed by atoms with Crippen molar-refractivity contribution in [3.8, 4) is 0 Å². The molecule has 3 aliphatic carbocycles. The molecule has 3 aliphatic rings. The Balaban J connectivity index is 2.30. The zero-order valence-corrected chi connectivity index (χ0v) is 12.4. The van der Waals surface area contributed by atoms with Crippen LogP contribution in [-0.4, -0.2) is 41.0 Å². The molecule has 1 N–H and O–H groups in total. The van der Waals surface area contributed by atoms with E-state index in [1.165, 1.54) is 14.0 Å². The molecule has 22 heavy (non-hydrogen) atoms. The van der Waals surface area contributed by atoms with E-state index in [-0.39, 0.29) is 42.0 Å². The van der Waals surface area contributed by atoms with Crippen LogP contribution < -0.4 is 0 Å². The third kappa shape index (κ3) is 1.58. The fourth-order valence-corrected chi connectivity index (χ4v) is 3.81. The van der Waals surface area contributed by atoms with Gasteiger partial charge in [0.05, 0.1) is 23.7 Å². The second-order valence-corrected chi connectivity index (χ2v) is 6.19. The van der Waals surface area contributed by atoms with Crippen LogP contribution in [0.1, 0.15) is 32.6 Å². The van der Waals surface area contributed by atoms with Gasteiger partial charge in [-0.2, -0.15) is 0 Å². The number of carbonyl (C=O) groups excluding carboxylic acids is 4. The van der Waals surface area contributed by atoms with Crippen LogP contribution in [0.4, 0.5) is 0 Å². The number of ketones is 4. The van der Waals surface area contributed by atoms with Gasteiger partial charge in [0.25, 0.3) is 0 Å². The molecule has 1 saturated carbocycles. The molecule has 0 radical (unpaired) electrons. The highest BCUT2D eigenvalue weighted by Gasteiger charge is 2.63. The molecular weight excluding hydrogens is 288 g/mol.